The third-order valence-electron chi connectivity index (χ3n) is 6.35. The van der Waals surface area contributed by atoms with E-state index in [1.54, 1.807) is 73.7 Å². The number of benzene rings is 3. The Morgan fingerprint density at radius 3 is 2.36 bits per heavy atom. The van der Waals surface area contributed by atoms with Gasteiger partial charge in [-0.3, -0.25) is 34.5 Å². The molecule has 1 aromatic heterocycles. The monoisotopic (exact) mass is 566 g/mol. The molecule has 4 rings (SSSR count). The second kappa shape index (κ2) is 13.7. The Kier molecular flexibility index (Phi) is 9.57. The average molecular weight is 567 g/mol. The highest BCUT2D eigenvalue weighted by atomic mass is 16.5. The molecule has 3 aromatic carbocycles. The van der Waals surface area contributed by atoms with E-state index in [9.17, 15) is 19.2 Å². The van der Waals surface area contributed by atoms with Gasteiger partial charge in [0, 0.05) is 41.3 Å². The SMILES string of the molecule is CCOC(=O)CNC(=O)CN(C(=O)c1ccncc1)c1ccc2c(C(=O)NCc3ccc(C(=N)N)cc3)cccc2c1. The Bertz CT molecular complexity index is 1620. The second-order valence-corrected chi connectivity index (χ2v) is 9.21. The number of hydrogen-bond donors (Lipinski definition) is 4. The zero-order valence-electron chi connectivity index (χ0n) is 22.9. The predicted octanol–water partition coefficient (Wildman–Crippen LogP) is 2.77. The number of fused-ring (bicyclic) bond motifs is 1. The van der Waals surface area contributed by atoms with Crippen LogP contribution in [0.4, 0.5) is 5.69 Å². The van der Waals surface area contributed by atoms with E-state index in [0.717, 1.165) is 5.56 Å². The van der Waals surface area contributed by atoms with E-state index >= 15 is 0 Å². The number of hydrogen-bond acceptors (Lipinski definition) is 7. The molecule has 0 aliphatic heterocycles. The molecule has 11 heteroatoms. The Labute approximate surface area is 242 Å². The number of pyridine rings is 1. The van der Waals surface area contributed by atoms with Crippen molar-refractivity contribution in [2.24, 2.45) is 5.73 Å². The van der Waals surface area contributed by atoms with Crippen molar-refractivity contribution in [3.63, 3.8) is 0 Å². The first-order valence-electron chi connectivity index (χ1n) is 13.2. The third kappa shape index (κ3) is 7.33. The van der Waals surface area contributed by atoms with Gasteiger partial charge in [-0.15, -0.1) is 0 Å². The van der Waals surface area contributed by atoms with Crippen LogP contribution in [0.3, 0.4) is 0 Å². The molecule has 4 aromatic rings. The third-order valence-corrected chi connectivity index (χ3v) is 6.35. The number of nitrogens with one attached hydrogen (secondary N) is 3. The molecule has 0 atom stereocenters. The number of esters is 1. The molecule has 1 heterocycles. The molecule has 0 spiro atoms. The zero-order chi connectivity index (χ0) is 30.1. The van der Waals surface area contributed by atoms with Crippen LogP contribution < -0.4 is 21.3 Å². The summed E-state index contributed by atoms with van der Waals surface area (Å²) in [6.45, 7) is 1.46. The summed E-state index contributed by atoms with van der Waals surface area (Å²) in [6, 6.07) is 20.5. The molecule has 42 heavy (non-hydrogen) atoms. The summed E-state index contributed by atoms with van der Waals surface area (Å²) >= 11 is 0. The normalized spacial score (nSPS) is 10.5. The van der Waals surface area contributed by atoms with Gasteiger partial charge in [-0.1, -0.05) is 42.5 Å². The quantitative estimate of drug-likeness (QED) is 0.123. The Hall–Kier alpha value is -5.58. The number of anilines is 1. The van der Waals surface area contributed by atoms with E-state index in [1.807, 2.05) is 6.07 Å². The first-order valence-corrected chi connectivity index (χ1v) is 13.2. The molecule has 0 aliphatic carbocycles. The minimum atomic E-state index is -0.581. The molecular weight excluding hydrogens is 536 g/mol. The van der Waals surface area contributed by atoms with Crippen molar-refractivity contribution in [1.82, 2.24) is 15.6 Å². The number of carbonyl (C=O) groups excluding carboxylic acids is 4. The van der Waals surface area contributed by atoms with Crippen molar-refractivity contribution in [2.75, 3.05) is 24.6 Å². The predicted molar refractivity (Wildman–Crippen MR) is 158 cm³/mol. The van der Waals surface area contributed by atoms with Crippen LogP contribution in [0.2, 0.25) is 0 Å². The summed E-state index contributed by atoms with van der Waals surface area (Å²) in [5.41, 5.74) is 8.15. The van der Waals surface area contributed by atoms with Gasteiger partial charge in [0.05, 0.1) is 6.61 Å². The lowest BCUT2D eigenvalue weighted by atomic mass is 10.0. The van der Waals surface area contributed by atoms with E-state index in [-0.39, 0.29) is 38.0 Å². The molecule has 0 bridgehead atoms. The number of carbonyl (C=O) groups is 4. The number of ether oxygens (including phenoxy) is 1. The van der Waals surface area contributed by atoms with Crippen molar-refractivity contribution in [2.45, 2.75) is 13.5 Å². The van der Waals surface area contributed by atoms with E-state index in [1.165, 1.54) is 17.3 Å². The van der Waals surface area contributed by atoms with Crippen molar-refractivity contribution in [1.29, 1.82) is 5.41 Å². The molecule has 0 unspecified atom stereocenters. The van der Waals surface area contributed by atoms with Crippen LogP contribution in [0.25, 0.3) is 10.8 Å². The number of aromatic nitrogens is 1. The number of amides is 3. The summed E-state index contributed by atoms with van der Waals surface area (Å²) in [5, 5.41) is 14.2. The van der Waals surface area contributed by atoms with Crippen molar-refractivity contribution >= 4 is 46.0 Å². The molecule has 11 nitrogen and oxygen atoms in total. The summed E-state index contributed by atoms with van der Waals surface area (Å²) in [6.07, 6.45) is 2.96. The fourth-order valence-corrected chi connectivity index (χ4v) is 4.23. The van der Waals surface area contributed by atoms with Gasteiger partial charge >= 0.3 is 5.97 Å². The van der Waals surface area contributed by atoms with Gasteiger partial charge in [0.2, 0.25) is 5.91 Å². The van der Waals surface area contributed by atoms with Gasteiger partial charge in [0.15, 0.2) is 0 Å². The topological polar surface area (TPSA) is 168 Å². The molecule has 0 radical (unpaired) electrons. The lowest BCUT2D eigenvalue weighted by Gasteiger charge is -2.23. The summed E-state index contributed by atoms with van der Waals surface area (Å²) in [7, 11) is 0. The number of amidine groups is 1. The number of rotatable bonds is 11. The molecule has 0 saturated carbocycles. The van der Waals surface area contributed by atoms with Crippen molar-refractivity contribution < 1.29 is 23.9 Å². The van der Waals surface area contributed by atoms with Crippen LogP contribution >= 0.6 is 0 Å². The average Bonchev–Trinajstić information content (AvgIpc) is 3.01. The van der Waals surface area contributed by atoms with Crippen LogP contribution in [0, 0.1) is 5.41 Å². The fourth-order valence-electron chi connectivity index (χ4n) is 4.23. The van der Waals surface area contributed by atoms with Crippen molar-refractivity contribution in [3.05, 3.63) is 107 Å². The second-order valence-electron chi connectivity index (χ2n) is 9.21. The summed E-state index contributed by atoms with van der Waals surface area (Å²) in [5.74, 6) is -1.88. The molecule has 0 aliphatic rings. The van der Waals surface area contributed by atoms with Gasteiger partial charge < -0.3 is 21.1 Å². The fraction of sp³-hybridized carbons (Fsp3) is 0.161. The highest BCUT2D eigenvalue weighted by Crippen LogP contribution is 2.26. The standard InChI is InChI=1S/C31H30N6O5/c1-2-42-28(39)18-35-27(38)19-37(31(41)22-12-14-34-15-13-22)24-10-11-25-23(16-24)4-3-5-26(25)30(40)36-17-20-6-8-21(9-7-20)29(32)33/h3-16H,2,17-19H2,1H3,(H3,32,33)(H,35,38)(H,36,40). The van der Waals surface area contributed by atoms with Crippen LogP contribution in [-0.2, 0) is 20.9 Å². The highest BCUT2D eigenvalue weighted by Gasteiger charge is 2.22. The number of nitrogen functional groups attached to an aromatic ring is 1. The molecular formula is C31H30N6O5. The van der Waals surface area contributed by atoms with Gasteiger partial charge in [-0.25, -0.2) is 0 Å². The maximum absolute atomic E-state index is 13.5. The summed E-state index contributed by atoms with van der Waals surface area (Å²) in [4.78, 5) is 56.2. The zero-order valence-corrected chi connectivity index (χ0v) is 22.9. The maximum Gasteiger partial charge on any atom is 0.325 e. The minimum Gasteiger partial charge on any atom is -0.465 e. The van der Waals surface area contributed by atoms with E-state index in [4.69, 9.17) is 15.9 Å². The van der Waals surface area contributed by atoms with Crippen LogP contribution in [-0.4, -0.2) is 54.2 Å². The van der Waals surface area contributed by atoms with E-state index in [2.05, 4.69) is 15.6 Å². The molecule has 0 saturated heterocycles. The van der Waals surface area contributed by atoms with Crippen LogP contribution in [0.1, 0.15) is 38.8 Å². The lowest BCUT2D eigenvalue weighted by molar-refractivity contribution is -0.143. The van der Waals surface area contributed by atoms with Gasteiger partial charge in [-0.2, -0.15) is 0 Å². The smallest absolute Gasteiger partial charge is 0.325 e. The van der Waals surface area contributed by atoms with E-state index in [0.29, 0.717) is 33.2 Å². The molecule has 0 fully saturated rings. The highest BCUT2D eigenvalue weighted by molar-refractivity contribution is 6.11. The Morgan fingerprint density at radius 1 is 0.929 bits per heavy atom. The Balaban J connectivity index is 1.56. The molecule has 5 N–H and O–H groups in total. The number of nitrogens with zero attached hydrogens (tertiary/aromatic N) is 2. The lowest BCUT2D eigenvalue weighted by Crippen LogP contribution is -2.42. The maximum atomic E-state index is 13.5. The molecule has 214 valence electrons. The molecule has 3 amide bonds. The van der Waals surface area contributed by atoms with Crippen LogP contribution in [0.5, 0.6) is 0 Å². The minimum absolute atomic E-state index is 0.0287. The van der Waals surface area contributed by atoms with Crippen LogP contribution in [0.15, 0.2) is 85.2 Å². The number of nitrogens with two attached hydrogens (primary N) is 1. The van der Waals surface area contributed by atoms with Crippen molar-refractivity contribution in [3.8, 4) is 0 Å². The van der Waals surface area contributed by atoms with Gasteiger partial charge in [0.25, 0.3) is 11.8 Å². The van der Waals surface area contributed by atoms with Gasteiger partial charge in [-0.05, 0) is 53.6 Å². The van der Waals surface area contributed by atoms with E-state index < -0.39 is 17.8 Å². The summed E-state index contributed by atoms with van der Waals surface area (Å²) < 4.78 is 4.85. The largest absolute Gasteiger partial charge is 0.465 e. The first-order chi connectivity index (χ1) is 20.3. The van der Waals surface area contributed by atoms with Gasteiger partial charge in [0.1, 0.15) is 18.9 Å². The first kappa shape index (κ1) is 29.4. The Morgan fingerprint density at radius 2 is 1.67 bits per heavy atom.